The molecule has 0 bridgehead atoms. The molecular formula is C25H34F3N3O7. The highest BCUT2D eigenvalue weighted by atomic mass is 19.4. The van der Waals surface area contributed by atoms with E-state index in [1.807, 2.05) is 0 Å². The van der Waals surface area contributed by atoms with Crippen molar-refractivity contribution in [1.29, 1.82) is 0 Å². The van der Waals surface area contributed by atoms with Gasteiger partial charge in [0.15, 0.2) is 0 Å². The zero-order valence-electron chi connectivity index (χ0n) is 21.2. The summed E-state index contributed by atoms with van der Waals surface area (Å²) in [5, 5.41) is 26.1. The summed E-state index contributed by atoms with van der Waals surface area (Å²) in [4.78, 5) is 50.4. The standard InChI is InChI=1S/C25H34F3N3O7/c1-3-14(2)20(23(35)29-17(24(36)37)10-11-25(26,27)28)31-21(33)18(13-15-6-8-16(32)9-7-15)30-22(34)19-5-4-12-38-19/h6-9,14,17-20,32H,3-5,10-13H2,1-2H3,(H,29,35)(H,30,34)(H,31,33)(H,36,37)/t14-,17-,18-,19+,20-/m0/s1. The van der Waals surface area contributed by atoms with Gasteiger partial charge in [-0.05, 0) is 42.9 Å². The number of carboxylic acids is 1. The number of nitrogens with one attached hydrogen (secondary N) is 3. The van der Waals surface area contributed by atoms with Crippen molar-refractivity contribution in [3.05, 3.63) is 29.8 Å². The summed E-state index contributed by atoms with van der Waals surface area (Å²) in [6, 6.07) is 1.71. The number of ether oxygens (including phenoxy) is 1. The van der Waals surface area contributed by atoms with Gasteiger partial charge in [-0.25, -0.2) is 4.79 Å². The Morgan fingerprint density at radius 3 is 2.24 bits per heavy atom. The Morgan fingerprint density at radius 1 is 1.05 bits per heavy atom. The monoisotopic (exact) mass is 545 g/mol. The molecule has 5 atom stereocenters. The Labute approximate surface area is 218 Å². The largest absolute Gasteiger partial charge is 0.508 e. The van der Waals surface area contributed by atoms with Crippen molar-refractivity contribution in [2.24, 2.45) is 5.92 Å². The number of hydrogen-bond donors (Lipinski definition) is 5. The number of benzene rings is 1. The van der Waals surface area contributed by atoms with Crippen LogP contribution in [0.3, 0.4) is 0 Å². The van der Waals surface area contributed by atoms with E-state index in [2.05, 4.69) is 16.0 Å². The topological polar surface area (TPSA) is 154 Å². The third kappa shape index (κ3) is 9.84. The van der Waals surface area contributed by atoms with Crippen LogP contribution in [0, 0.1) is 5.92 Å². The molecule has 1 aliphatic heterocycles. The second-order valence-electron chi connectivity index (χ2n) is 9.36. The van der Waals surface area contributed by atoms with E-state index in [1.54, 1.807) is 26.0 Å². The third-order valence-electron chi connectivity index (χ3n) is 6.36. The normalized spacial score (nSPS) is 18.6. The number of carbonyl (C=O) groups is 4. The van der Waals surface area contributed by atoms with Crippen LogP contribution < -0.4 is 16.0 Å². The van der Waals surface area contributed by atoms with Gasteiger partial charge in [0.1, 0.15) is 30.0 Å². The van der Waals surface area contributed by atoms with Crippen LogP contribution in [-0.2, 0) is 30.3 Å². The minimum absolute atomic E-state index is 0.00273. The maximum atomic E-state index is 13.3. The Kier molecular flexibility index (Phi) is 11.4. The predicted octanol–water partition coefficient (Wildman–Crippen LogP) is 2.04. The first-order valence-corrected chi connectivity index (χ1v) is 12.4. The van der Waals surface area contributed by atoms with Crippen LogP contribution in [0.15, 0.2) is 24.3 Å². The molecule has 1 aliphatic rings. The summed E-state index contributed by atoms with van der Waals surface area (Å²) in [5.74, 6) is -4.34. The first-order chi connectivity index (χ1) is 17.8. The molecule has 38 heavy (non-hydrogen) atoms. The average molecular weight is 546 g/mol. The summed E-state index contributed by atoms with van der Waals surface area (Å²) in [5.41, 5.74) is 0.596. The molecule has 1 aromatic carbocycles. The fourth-order valence-corrected chi connectivity index (χ4v) is 3.91. The Hall–Kier alpha value is -3.35. The molecule has 0 saturated carbocycles. The number of alkyl halides is 3. The summed E-state index contributed by atoms with van der Waals surface area (Å²) >= 11 is 0. The molecule has 0 spiro atoms. The molecule has 0 aliphatic carbocycles. The van der Waals surface area contributed by atoms with Gasteiger partial charge < -0.3 is 30.9 Å². The molecule has 0 unspecified atom stereocenters. The summed E-state index contributed by atoms with van der Waals surface area (Å²) in [6.45, 7) is 3.75. The van der Waals surface area contributed by atoms with Crippen LogP contribution in [-0.4, -0.2) is 70.9 Å². The van der Waals surface area contributed by atoms with Gasteiger partial charge in [-0.2, -0.15) is 13.2 Å². The molecule has 1 heterocycles. The van der Waals surface area contributed by atoms with Gasteiger partial charge >= 0.3 is 12.1 Å². The lowest BCUT2D eigenvalue weighted by molar-refractivity contribution is -0.148. The number of aromatic hydroxyl groups is 1. The van der Waals surface area contributed by atoms with Crippen molar-refractivity contribution in [3.63, 3.8) is 0 Å². The number of halogens is 3. The van der Waals surface area contributed by atoms with E-state index < -0.39 is 72.9 Å². The van der Waals surface area contributed by atoms with Gasteiger partial charge in [-0.3, -0.25) is 14.4 Å². The maximum absolute atomic E-state index is 13.3. The molecule has 0 aromatic heterocycles. The second-order valence-corrected chi connectivity index (χ2v) is 9.36. The Bertz CT molecular complexity index is 966. The van der Waals surface area contributed by atoms with Crippen LogP contribution in [0.25, 0.3) is 0 Å². The van der Waals surface area contributed by atoms with E-state index >= 15 is 0 Å². The summed E-state index contributed by atoms with van der Waals surface area (Å²) in [7, 11) is 0. The lowest BCUT2D eigenvalue weighted by atomic mass is 9.96. The van der Waals surface area contributed by atoms with Crippen LogP contribution in [0.4, 0.5) is 13.2 Å². The lowest BCUT2D eigenvalue weighted by Gasteiger charge is -2.28. The molecule has 2 rings (SSSR count). The van der Waals surface area contributed by atoms with Crippen molar-refractivity contribution >= 4 is 23.7 Å². The average Bonchev–Trinajstić information content (AvgIpc) is 3.39. The quantitative estimate of drug-likeness (QED) is 0.254. The Morgan fingerprint density at radius 2 is 1.71 bits per heavy atom. The molecule has 13 heteroatoms. The first-order valence-electron chi connectivity index (χ1n) is 12.4. The maximum Gasteiger partial charge on any atom is 0.389 e. The molecule has 212 valence electrons. The van der Waals surface area contributed by atoms with E-state index in [-0.39, 0.29) is 12.2 Å². The highest BCUT2D eigenvalue weighted by Crippen LogP contribution is 2.22. The summed E-state index contributed by atoms with van der Waals surface area (Å²) < 4.78 is 43.2. The summed E-state index contributed by atoms with van der Waals surface area (Å²) in [6.07, 6.45) is -6.07. The Balaban J connectivity index is 2.20. The first kappa shape index (κ1) is 30.9. The minimum Gasteiger partial charge on any atom is -0.508 e. The van der Waals surface area contributed by atoms with E-state index in [0.717, 1.165) is 0 Å². The van der Waals surface area contributed by atoms with Crippen LogP contribution in [0.5, 0.6) is 5.75 Å². The van der Waals surface area contributed by atoms with Crippen LogP contribution >= 0.6 is 0 Å². The van der Waals surface area contributed by atoms with Gasteiger partial charge in [0, 0.05) is 19.4 Å². The number of phenols is 1. The molecular weight excluding hydrogens is 511 g/mol. The van der Waals surface area contributed by atoms with E-state index in [9.17, 15) is 42.6 Å². The third-order valence-corrected chi connectivity index (χ3v) is 6.36. The van der Waals surface area contributed by atoms with Crippen molar-refractivity contribution < 1.29 is 47.3 Å². The molecule has 5 N–H and O–H groups in total. The number of rotatable bonds is 13. The van der Waals surface area contributed by atoms with Gasteiger partial charge in [0.2, 0.25) is 17.7 Å². The molecule has 3 amide bonds. The highest BCUT2D eigenvalue weighted by Gasteiger charge is 2.35. The number of carboxylic acid groups (broad SMARTS) is 1. The minimum atomic E-state index is -4.61. The zero-order valence-corrected chi connectivity index (χ0v) is 21.2. The number of carbonyl (C=O) groups excluding carboxylic acids is 3. The van der Waals surface area contributed by atoms with Crippen LogP contribution in [0.1, 0.15) is 51.5 Å². The van der Waals surface area contributed by atoms with Gasteiger partial charge in [-0.1, -0.05) is 32.4 Å². The molecule has 0 radical (unpaired) electrons. The van der Waals surface area contributed by atoms with Crippen LogP contribution in [0.2, 0.25) is 0 Å². The molecule has 1 saturated heterocycles. The number of aliphatic carboxylic acids is 1. The van der Waals surface area contributed by atoms with Crippen molar-refractivity contribution in [2.75, 3.05) is 6.61 Å². The van der Waals surface area contributed by atoms with Crippen molar-refractivity contribution in [1.82, 2.24) is 16.0 Å². The van der Waals surface area contributed by atoms with Gasteiger partial charge in [-0.15, -0.1) is 0 Å². The second kappa shape index (κ2) is 14.0. The van der Waals surface area contributed by atoms with Gasteiger partial charge in [0.25, 0.3) is 0 Å². The number of amides is 3. The molecule has 1 aromatic rings. The SMILES string of the molecule is CC[C@H](C)[C@H](NC(=O)[C@H](Cc1ccc(O)cc1)NC(=O)[C@H]1CCCO1)C(=O)N[C@@H](CCC(F)(F)F)C(=O)O. The number of phenolic OH excluding ortho intramolecular Hbond substituents is 1. The van der Waals surface area contributed by atoms with Crippen molar-refractivity contribution in [3.8, 4) is 5.75 Å². The molecule has 1 fully saturated rings. The fraction of sp³-hybridized carbons (Fsp3) is 0.600. The zero-order chi connectivity index (χ0) is 28.5. The van der Waals surface area contributed by atoms with E-state index in [0.29, 0.717) is 31.4 Å². The smallest absolute Gasteiger partial charge is 0.389 e. The molecule has 10 nitrogen and oxygen atoms in total. The van der Waals surface area contributed by atoms with Crippen molar-refractivity contribution in [2.45, 2.75) is 82.8 Å². The van der Waals surface area contributed by atoms with E-state index in [1.165, 1.54) is 12.1 Å². The lowest BCUT2D eigenvalue weighted by Crippen LogP contribution is -2.58. The fourth-order valence-electron chi connectivity index (χ4n) is 3.91. The highest BCUT2D eigenvalue weighted by molar-refractivity contribution is 5.94. The van der Waals surface area contributed by atoms with Gasteiger partial charge in [0.05, 0.1) is 0 Å². The number of hydrogen-bond acceptors (Lipinski definition) is 6. The predicted molar refractivity (Wildman–Crippen MR) is 129 cm³/mol. The van der Waals surface area contributed by atoms with E-state index in [4.69, 9.17) is 4.74 Å².